The fourth-order valence-electron chi connectivity index (χ4n) is 3.05. The van der Waals surface area contributed by atoms with Gasteiger partial charge in [0.05, 0.1) is 17.6 Å². The number of carbonyl (C=O) groups is 2. The Kier molecular flexibility index (Phi) is 5.88. The first-order valence-electron chi connectivity index (χ1n) is 8.57. The Morgan fingerprint density at radius 3 is 2.77 bits per heavy atom. The number of esters is 2. The highest BCUT2D eigenvalue weighted by Gasteiger charge is 2.46. The minimum absolute atomic E-state index is 0.0304. The highest BCUT2D eigenvalue weighted by Crippen LogP contribution is 2.37. The van der Waals surface area contributed by atoms with Gasteiger partial charge in [-0.05, 0) is 39.3 Å². The molecular weight excluding hydrogens is 336 g/mol. The van der Waals surface area contributed by atoms with Crippen molar-refractivity contribution in [2.24, 2.45) is 5.92 Å². The third kappa shape index (κ3) is 4.31. The van der Waals surface area contributed by atoms with E-state index in [2.05, 4.69) is 6.58 Å². The van der Waals surface area contributed by atoms with Crippen molar-refractivity contribution in [1.82, 2.24) is 0 Å². The van der Waals surface area contributed by atoms with Gasteiger partial charge in [0, 0.05) is 17.6 Å². The SMILES string of the molecule is C=C1C(=O)O[C@@H]2/C=C(/C)[C@@H](O)/C=C\[C@](C)(O)C[C@@H](OC(=O)/C(C)=C/C)[C@@H]12. The van der Waals surface area contributed by atoms with Gasteiger partial charge in [-0.25, -0.2) is 9.59 Å². The molecule has 0 radical (unpaired) electrons. The van der Waals surface area contributed by atoms with Crippen LogP contribution in [0.5, 0.6) is 0 Å². The van der Waals surface area contributed by atoms with Crippen LogP contribution in [0, 0.1) is 5.92 Å². The number of ether oxygens (including phenoxy) is 2. The maximum atomic E-state index is 12.3. The third-order valence-electron chi connectivity index (χ3n) is 4.82. The number of carbonyl (C=O) groups excluding carboxylic acids is 2. The first-order valence-corrected chi connectivity index (χ1v) is 8.57. The summed E-state index contributed by atoms with van der Waals surface area (Å²) in [5.74, 6) is -1.74. The molecule has 6 nitrogen and oxygen atoms in total. The molecule has 26 heavy (non-hydrogen) atoms. The molecule has 0 spiro atoms. The summed E-state index contributed by atoms with van der Waals surface area (Å²) in [6.45, 7) is 10.4. The molecule has 0 bridgehead atoms. The highest BCUT2D eigenvalue weighted by molar-refractivity contribution is 5.92. The fraction of sp³-hybridized carbons (Fsp3) is 0.500. The van der Waals surface area contributed by atoms with E-state index < -0.39 is 41.8 Å². The summed E-state index contributed by atoms with van der Waals surface area (Å²) in [6.07, 6.45) is 3.77. The Hall–Kier alpha value is -2.18. The van der Waals surface area contributed by atoms with E-state index in [0.717, 1.165) is 0 Å². The second-order valence-corrected chi connectivity index (χ2v) is 7.11. The van der Waals surface area contributed by atoms with Crippen LogP contribution in [0.4, 0.5) is 0 Å². The Labute approximate surface area is 153 Å². The smallest absolute Gasteiger partial charge is 0.334 e. The second-order valence-electron chi connectivity index (χ2n) is 7.11. The highest BCUT2D eigenvalue weighted by atomic mass is 16.6. The predicted molar refractivity (Wildman–Crippen MR) is 96.0 cm³/mol. The van der Waals surface area contributed by atoms with Gasteiger partial charge in [0.15, 0.2) is 0 Å². The Bertz CT molecular complexity index is 697. The first kappa shape index (κ1) is 20.1. The van der Waals surface area contributed by atoms with Crippen molar-refractivity contribution < 1.29 is 29.3 Å². The third-order valence-corrected chi connectivity index (χ3v) is 4.82. The van der Waals surface area contributed by atoms with Gasteiger partial charge < -0.3 is 19.7 Å². The second kappa shape index (κ2) is 7.60. The number of fused-ring (bicyclic) bond motifs is 1. The van der Waals surface area contributed by atoms with Crippen LogP contribution in [0.3, 0.4) is 0 Å². The van der Waals surface area contributed by atoms with E-state index in [1.807, 2.05) is 0 Å². The van der Waals surface area contributed by atoms with E-state index >= 15 is 0 Å². The lowest BCUT2D eigenvalue weighted by atomic mass is 9.82. The summed E-state index contributed by atoms with van der Waals surface area (Å²) in [6, 6.07) is 0. The molecule has 2 rings (SSSR count). The molecule has 142 valence electrons. The molecule has 0 aromatic carbocycles. The number of rotatable bonds is 2. The van der Waals surface area contributed by atoms with Crippen LogP contribution in [-0.4, -0.2) is 46.1 Å². The minimum atomic E-state index is -1.36. The number of allylic oxidation sites excluding steroid dienone is 1. The summed E-state index contributed by atoms with van der Waals surface area (Å²) >= 11 is 0. The molecule has 5 atom stereocenters. The topological polar surface area (TPSA) is 93.1 Å². The molecule has 0 aromatic heterocycles. The molecule has 6 heteroatoms. The molecule has 1 heterocycles. The standard InChI is InChI=1S/C20H26O6/c1-6-11(2)18(22)26-16-10-20(5,24)8-7-14(21)12(3)9-15-17(16)13(4)19(23)25-15/h6-9,14-17,21,24H,4,10H2,1-3,5H3/b8-7-,11-6+,12-9-/t14-,15+,16+,17-,20-/m0/s1. The van der Waals surface area contributed by atoms with Crippen LogP contribution in [0.2, 0.25) is 0 Å². The van der Waals surface area contributed by atoms with Crippen LogP contribution in [0.1, 0.15) is 34.1 Å². The average molecular weight is 362 g/mol. The molecule has 0 aromatic rings. The number of aliphatic hydroxyl groups is 2. The molecule has 1 saturated heterocycles. The van der Waals surface area contributed by atoms with Crippen molar-refractivity contribution in [3.05, 3.63) is 47.6 Å². The predicted octanol–water partition coefficient (Wildman–Crippen LogP) is 1.98. The largest absolute Gasteiger partial charge is 0.458 e. The fourth-order valence-corrected chi connectivity index (χ4v) is 3.05. The van der Waals surface area contributed by atoms with E-state index in [-0.39, 0.29) is 12.0 Å². The summed E-state index contributed by atoms with van der Waals surface area (Å²) in [5.41, 5.74) is -0.188. The molecule has 0 saturated carbocycles. The quantitative estimate of drug-likeness (QED) is 0.443. The zero-order valence-corrected chi connectivity index (χ0v) is 15.6. The molecule has 1 fully saturated rings. The number of hydrogen-bond acceptors (Lipinski definition) is 6. The summed E-state index contributed by atoms with van der Waals surface area (Å²) in [7, 11) is 0. The van der Waals surface area contributed by atoms with Gasteiger partial charge in [0.25, 0.3) is 0 Å². The normalized spacial score (nSPS) is 38.7. The van der Waals surface area contributed by atoms with Crippen molar-refractivity contribution in [2.75, 3.05) is 0 Å². The number of hydrogen-bond donors (Lipinski definition) is 2. The molecule has 1 aliphatic heterocycles. The Morgan fingerprint density at radius 2 is 2.15 bits per heavy atom. The molecule has 2 N–H and O–H groups in total. The van der Waals surface area contributed by atoms with Gasteiger partial charge in [-0.15, -0.1) is 0 Å². The lowest BCUT2D eigenvalue weighted by Gasteiger charge is -2.32. The number of aliphatic hydroxyl groups excluding tert-OH is 1. The van der Waals surface area contributed by atoms with Crippen molar-refractivity contribution in [3.63, 3.8) is 0 Å². The van der Waals surface area contributed by atoms with Gasteiger partial charge in [-0.3, -0.25) is 0 Å². The Balaban J connectivity index is 2.48. The minimum Gasteiger partial charge on any atom is -0.458 e. The zero-order valence-electron chi connectivity index (χ0n) is 15.6. The van der Waals surface area contributed by atoms with Crippen molar-refractivity contribution in [2.45, 2.75) is 58.0 Å². The summed E-state index contributed by atoms with van der Waals surface area (Å²) in [4.78, 5) is 24.4. The summed E-state index contributed by atoms with van der Waals surface area (Å²) in [5, 5.41) is 20.9. The maximum Gasteiger partial charge on any atom is 0.334 e. The van der Waals surface area contributed by atoms with Crippen LogP contribution >= 0.6 is 0 Å². The van der Waals surface area contributed by atoms with Crippen molar-refractivity contribution in [1.29, 1.82) is 0 Å². The molecule has 0 unspecified atom stereocenters. The maximum absolute atomic E-state index is 12.3. The van der Waals surface area contributed by atoms with Gasteiger partial charge >= 0.3 is 11.9 Å². The van der Waals surface area contributed by atoms with Crippen LogP contribution in [0.15, 0.2) is 47.6 Å². The monoisotopic (exact) mass is 362 g/mol. The lowest BCUT2D eigenvalue weighted by molar-refractivity contribution is -0.150. The molecule has 0 amide bonds. The first-order chi connectivity index (χ1) is 12.1. The Morgan fingerprint density at radius 1 is 1.50 bits per heavy atom. The van der Waals surface area contributed by atoms with E-state index in [0.29, 0.717) is 11.1 Å². The molecule has 1 aliphatic carbocycles. The summed E-state index contributed by atoms with van der Waals surface area (Å²) < 4.78 is 11.0. The van der Waals surface area contributed by atoms with E-state index in [4.69, 9.17) is 9.47 Å². The van der Waals surface area contributed by atoms with E-state index in [1.54, 1.807) is 39.8 Å². The van der Waals surface area contributed by atoms with Crippen molar-refractivity contribution in [3.8, 4) is 0 Å². The van der Waals surface area contributed by atoms with E-state index in [9.17, 15) is 19.8 Å². The lowest BCUT2D eigenvalue weighted by Crippen LogP contribution is -2.40. The van der Waals surface area contributed by atoms with Crippen LogP contribution in [0.25, 0.3) is 0 Å². The van der Waals surface area contributed by atoms with Crippen molar-refractivity contribution >= 4 is 11.9 Å². The van der Waals surface area contributed by atoms with Gasteiger partial charge in [-0.2, -0.15) is 0 Å². The van der Waals surface area contributed by atoms with E-state index in [1.165, 1.54) is 12.2 Å². The average Bonchev–Trinajstić information content (AvgIpc) is 2.84. The van der Waals surface area contributed by atoms with Crippen LogP contribution < -0.4 is 0 Å². The molecule has 2 aliphatic rings. The zero-order chi connectivity index (χ0) is 19.6. The van der Waals surface area contributed by atoms with Gasteiger partial charge in [0.2, 0.25) is 0 Å². The van der Waals surface area contributed by atoms with Gasteiger partial charge in [0.1, 0.15) is 12.2 Å². The van der Waals surface area contributed by atoms with Crippen LogP contribution in [-0.2, 0) is 19.1 Å². The van der Waals surface area contributed by atoms with Gasteiger partial charge in [-0.1, -0.05) is 24.8 Å². The molecular formula is C20H26O6.